The molecular weight excluding hydrogens is 278 g/mol. The van der Waals surface area contributed by atoms with Crippen LogP contribution in [0, 0.1) is 5.92 Å². The fourth-order valence-corrected chi connectivity index (χ4v) is 1.22. The van der Waals surface area contributed by atoms with Crippen LogP contribution in [0.5, 0.6) is 0 Å². The third-order valence-corrected chi connectivity index (χ3v) is 2.69. The summed E-state index contributed by atoms with van der Waals surface area (Å²) >= 11 is 0. The van der Waals surface area contributed by atoms with Gasteiger partial charge in [-0.2, -0.15) is 0 Å². The number of aliphatic imine (C=N–C) groups is 1. The first-order valence-corrected chi connectivity index (χ1v) is 6.93. The highest BCUT2D eigenvalue weighted by atomic mass is 16.2. The quantitative estimate of drug-likeness (QED) is 0.431. The minimum absolute atomic E-state index is 0.112. The third kappa shape index (κ3) is 6.83. The fourth-order valence-electron chi connectivity index (χ4n) is 1.22. The number of nitrogens with zero attached hydrogens (tertiary/aromatic N) is 1. The first-order valence-electron chi connectivity index (χ1n) is 6.93. The molecule has 5 nitrogen and oxygen atoms in total. The minimum atomic E-state index is -0.466. The maximum absolute atomic E-state index is 12.3. The predicted octanol–water partition coefficient (Wildman–Crippen LogP) is 2.84. The van der Waals surface area contributed by atoms with Crippen LogP contribution in [0.15, 0.2) is 53.0 Å². The van der Waals surface area contributed by atoms with Gasteiger partial charge in [-0.25, -0.2) is 0 Å². The van der Waals surface area contributed by atoms with Crippen molar-refractivity contribution < 1.29 is 9.59 Å². The van der Waals surface area contributed by atoms with E-state index in [0.717, 1.165) is 5.57 Å². The Balaban J connectivity index is 5.20. The maximum atomic E-state index is 12.3. The van der Waals surface area contributed by atoms with Crippen LogP contribution >= 0.6 is 0 Å². The molecule has 0 atom stereocenters. The zero-order chi connectivity index (χ0) is 17.4. The van der Waals surface area contributed by atoms with Crippen molar-refractivity contribution in [2.75, 3.05) is 0 Å². The number of amides is 2. The Hall–Kier alpha value is -2.43. The number of allylic oxidation sites excluding steroid dienone is 3. The Kier molecular flexibility index (Phi) is 7.80. The molecule has 0 aromatic heterocycles. The summed E-state index contributed by atoms with van der Waals surface area (Å²) in [5, 5.41) is 5.04. The lowest BCUT2D eigenvalue weighted by Gasteiger charge is -2.13. The lowest BCUT2D eigenvalue weighted by molar-refractivity contribution is -0.123. The van der Waals surface area contributed by atoms with Gasteiger partial charge in [0.25, 0.3) is 5.91 Å². The van der Waals surface area contributed by atoms with Crippen molar-refractivity contribution in [3.05, 3.63) is 48.0 Å². The van der Waals surface area contributed by atoms with Crippen LogP contribution in [-0.4, -0.2) is 18.0 Å². The highest BCUT2D eigenvalue weighted by Crippen LogP contribution is 2.14. The lowest BCUT2D eigenvalue weighted by Crippen LogP contribution is -2.36. The fraction of sp³-hybridized carbons (Fsp3) is 0.353. The molecule has 5 heteroatoms. The smallest absolute Gasteiger partial charge is 0.275 e. The summed E-state index contributed by atoms with van der Waals surface area (Å²) < 4.78 is 0. The molecule has 0 spiro atoms. The zero-order valence-electron chi connectivity index (χ0n) is 14.0. The second-order valence-corrected chi connectivity index (χ2v) is 5.44. The highest BCUT2D eigenvalue weighted by Gasteiger charge is 2.15. The van der Waals surface area contributed by atoms with Crippen molar-refractivity contribution >= 4 is 18.0 Å². The van der Waals surface area contributed by atoms with E-state index in [4.69, 9.17) is 0 Å². The van der Waals surface area contributed by atoms with E-state index in [1.165, 1.54) is 6.21 Å². The van der Waals surface area contributed by atoms with Crippen LogP contribution in [-0.2, 0) is 9.59 Å². The maximum Gasteiger partial charge on any atom is 0.275 e. The van der Waals surface area contributed by atoms with Crippen molar-refractivity contribution in [2.45, 2.75) is 34.6 Å². The first kappa shape index (κ1) is 19.6. The van der Waals surface area contributed by atoms with Gasteiger partial charge in [0.2, 0.25) is 5.91 Å². The molecule has 0 aromatic carbocycles. The van der Waals surface area contributed by atoms with E-state index in [-0.39, 0.29) is 23.3 Å². The average Bonchev–Trinajstić information content (AvgIpc) is 2.37. The van der Waals surface area contributed by atoms with Gasteiger partial charge in [0.05, 0.1) is 0 Å². The zero-order valence-corrected chi connectivity index (χ0v) is 14.0. The molecular formula is C17H25N3O2. The molecule has 0 heterocycles. The van der Waals surface area contributed by atoms with Gasteiger partial charge < -0.3 is 10.6 Å². The summed E-state index contributed by atoms with van der Waals surface area (Å²) in [5.41, 5.74) is 2.29. The monoisotopic (exact) mass is 303 g/mol. The van der Waals surface area contributed by atoms with Crippen molar-refractivity contribution in [3.63, 3.8) is 0 Å². The number of hydrogen-bond donors (Lipinski definition) is 2. The Morgan fingerprint density at radius 3 is 2.00 bits per heavy atom. The molecule has 0 saturated heterocycles. The molecule has 0 aliphatic carbocycles. The normalized spacial score (nSPS) is 11.9. The second-order valence-electron chi connectivity index (χ2n) is 5.44. The molecule has 2 amide bonds. The van der Waals surface area contributed by atoms with E-state index in [0.29, 0.717) is 11.1 Å². The summed E-state index contributed by atoms with van der Waals surface area (Å²) in [6.45, 7) is 19.9. The molecule has 0 aromatic rings. The van der Waals surface area contributed by atoms with Crippen molar-refractivity contribution in [1.29, 1.82) is 0 Å². The highest BCUT2D eigenvalue weighted by molar-refractivity contribution is 5.98. The van der Waals surface area contributed by atoms with Crippen LogP contribution in [0.1, 0.15) is 34.6 Å². The summed E-state index contributed by atoms with van der Waals surface area (Å²) in [7, 11) is 0. The second kappa shape index (κ2) is 8.77. The minimum Gasteiger partial charge on any atom is -0.312 e. The van der Waals surface area contributed by atoms with Gasteiger partial charge in [-0.05, 0) is 31.9 Å². The summed E-state index contributed by atoms with van der Waals surface area (Å²) in [4.78, 5) is 28.0. The summed E-state index contributed by atoms with van der Waals surface area (Å²) in [6.07, 6.45) is 1.50. The predicted molar refractivity (Wildman–Crippen MR) is 91.1 cm³/mol. The number of carbonyl (C=O) groups excluding carboxylic acids is 2. The van der Waals surface area contributed by atoms with Gasteiger partial charge in [0, 0.05) is 12.1 Å². The molecule has 0 radical (unpaired) electrons. The molecule has 120 valence electrons. The van der Waals surface area contributed by atoms with Gasteiger partial charge in [-0.15, -0.1) is 0 Å². The van der Waals surface area contributed by atoms with Crippen molar-refractivity contribution in [2.24, 2.45) is 10.9 Å². The van der Waals surface area contributed by atoms with E-state index in [1.807, 2.05) is 0 Å². The largest absolute Gasteiger partial charge is 0.312 e. The third-order valence-electron chi connectivity index (χ3n) is 2.69. The molecule has 0 fully saturated rings. The molecule has 0 aliphatic rings. The van der Waals surface area contributed by atoms with E-state index in [1.54, 1.807) is 34.6 Å². The van der Waals surface area contributed by atoms with Gasteiger partial charge in [0.1, 0.15) is 11.5 Å². The SMILES string of the molecule is C=C(C)C=N/C(C(=O)NC(=C)NC(=O)C(C)C)=C(\C)C(=C)C. The Morgan fingerprint density at radius 2 is 1.59 bits per heavy atom. The van der Waals surface area contributed by atoms with Crippen LogP contribution in [0.4, 0.5) is 0 Å². The Bertz CT molecular complexity index is 566. The summed E-state index contributed by atoms with van der Waals surface area (Å²) in [6, 6.07) is 0. The molecule has 0 saturated carbocycles. The van der Waals surface area contributed by atoms with Gasteiger partial charge in [0.15, 0.2) is 0 Å². The summed E-state index contributed by atoms with van der Waals surface area (Å²) in [5.74, 6) is -0.784. The van der Waals surface area contributed by atoms with Gasteiger partial charge in [-0.1, -0.05) is 39.2 Å². The molecule has 0 aliphatic heterocycles. The Morgan fingerprint density at radius 1 is 1.05 bits per heavy atom. The number of hydrogen-bond acceptors (Lipinski definition) is 3. The standard InChI is InChI=1S/C17H25N3O2/c1-10(2)9-18-15(13(7)11(3)4)17(22)20-14(8)19-16(21)12(5)6/h9,12H,1,3,8H2,2,4-7H3,(H,19,21)(H,20,22)/b15-13+,18-9?. The number of nitrogens with one attached hydrogen (secondary N) is 2. The number of rotatable bonds is 7. The number of carbonyl (C=O) groups is 2. The molecule has 22 heavy (non-hydrogen) atoms. The Labute approximate surface area is 132 Å². The average molecular weight is 303 g/mol. The van der Waals surface area contributed by atoms with E-state index >= 15 is 0 Å². The first-order chi connectivity index (χ1) is 10.1. The van der Waals surface area contributed by atoms with Crippen LogP contribution in [0.3, 0.4) is 0 Å². The van der Waals surface area contributed by atoms with E-state index in [2.05, 4.69) is 35.4 Å². The molecule has 2 N–H and O–H groups in total. The molecule has 0 bridgehead atoms. The van der Waals surface area contributed by atoms with Crippen LogP contribution in [0.2, 0.25) is 0 Å². The topological polar surface area (TPSA) is 70.6 Å². The van der Waals surface area contributed by atoms with Gasteiger partial charge >= 0.3 is 0 Å². The van der Waals surface area contributed by atoms with E-state index < -0.39 is 5.91 Å². The van der Waals surface area contributed by atoms with E-state index in [9.17, 15) is 9.59 Å². The van der Waals surface area contributed by atoms with Crippen LogP contribution in [0.25, 0.3) is 0 Å². The van der Waals surface area contributed by atoms with Gasteiger partial charge in [-0.3, -0.25) is 14.6 Å². The van der Waals surface area contributed by atoms with Crippen molar-refractivity contribution in [3.8, 4) is 0 Å². The molecule has 0 rings (SSSR count). The van der Waals surface area contributed by atoms with Crippen molar-refractivity contribution in [1.82, 2.24) is 10.6 Å². The lowest BCUT2D eigenvalue weighted by atomic mass is 10.1. The van der Waals surface area contributed by atoms with Crippen LogP contribution < -0.4 is 10.6 Å². The molecule has 0 unspecified atom stereocenters.